The molecule has 0 aromatic heterocycles. The smallest absolute Gasteiger partial charge is 0.223 e. The van der Waals surface area contributed by atoms with Gasteiger partial charge in [-0.15, -0.1) is 0 Å². The normalized spacial score (nSPS) is 22.8. The van der Waals surface area contributed by atoms with Crippen molar-refractivity contribution in [3.8, 4) is 5.75 Å². The molecular formula is C21H24N2O2. The summed E-state index contributed by atoms with van der Waals surface area (Å²) in [6, 6.07) is 17.0. The standard InChI is InChI=1S/C21H24N2O2/c1-15-13-17(25-14-16-5-3-2-4-6-16)7-8-18(15)21-19-9-10-20(24)23(19)12-11-22-21/h2-8,13,19,21-22H,9-12,14H2,1H3. The van der Waals surface area contributed by atoms with Crippen LogP contribution in [0.15, 0.2) is 48.5 Å². The summed E-state index contributed by atoms with van der Waals surface area (Å²) < 4.78 is 5.93. The zero-order valence-electron chi connectivity index (χ0n) is 14.6. The number of nitrogens with one attached hydrogen (secondary N) is 1. The van der Waals surface area contributed by atoms with Crippen LogP contribution in [0.3, 0.4) is 0 Å². The van der Waals surface area contributed by atoms with E-state index in [0.717, 1.165) is 25.3 Å². The van der Waals surface area contributed by atoms with Crippen LogP contribution in [-0.2, 0) is 11.4 Å². The van der Waals surface area contributed by atoms with E-state index in [4.69, 9.17) is 4.74 Å². The number of piperazine rings is 1. The first-order valence-electron chi connectivity index (χ1n) is 9.02. The third-order valence-electron chi connectivity index (χ3n) is 5.30. The molecule has 0 aliphatic carbocycles. The molecule has 2 aromatic carbocycles. The SMILES string of the molecule is Cc1cc(OCc2ccccc2)ccc1C1NCCN2C(=O)CCC12. The van der Waals surface area contributed by atoms with Crippen LogP contribution in [0.1, 0.15) is 35.6 Å². The fraction of sp³-hybridized carbons (Fsp3) is 0.381. The van der Waals surface area contributed by atoms with Crippen LogP contribution in [0.4, 0.5) is 0 Å². The highest BCUT2D eigenvalue weighted by atomic mass is 16.5. The Kier molecular flexibility index (Phi) is 4.45. The van der Waals surface area contributed by atoms with Gasteiger partial charge in [-0.1, -0.05) is 36.4 Å². The summed E-state index contributed by atoms with van der Waals surface area (Å²) in [7, 11) is 0. The van der Waals surface area contributed by atoms with E-state index in [9.17, 15) is 4.79 Å². The molecular weight excluding hydrogens is 312 g/mol. The van der Waals surface area contributed by atoms with Gasteiger partial charge < -0.3 is 15.0 Å². The second-order valence-corrected chi connectivity index (χ2v) is 6.92. The molecule has 2 aliphatic heterocycles. The molecule has 0 spiro atoms. The fourth-order valence-electron chi connectivity index (χ4n) is 4.01. The quantitative estimate of drug-likeness (QED) is 0.932. The van der Waals surface area contributed by atoms with Crippen LogP contribution in [0.5, 0.6) is 5.75 Å². The third kappa shape index (κ3) is 3.27. The number of hydrogen-bond acceptors (Lipinski definition) is 3. The highest BCUT2D eigenvalue weighted by molar-refractivity contribution is 5.79. The van der Waals surface area contributed by atoms with E-state index in [-0.39, 0.29) is 12.1 Å². The number of rotatable bonds is 4. The molecule has 0 saturated carbocycles. The van der Waals surface area contributed by atoms with E-state index < -0.39 is 0 Å². The number of nitrogens with zero attached hydrogens (tertiary/aromatic N) is 1. The van der Waals surface area contributed by atoms with E-state index in [1.54, 1.807) is 0 Å². The summed E-state index contributed by atoms with van der Waals surface area (Å²) in [5.74, 6) is 1.19. The van der Waals surface area contributed by atoms with E-state index >= 15 is 0 Å². The fourth-order valence-corrected chi connectivity index (χ4v) is 4.01. The zero-order valence-corrected chi connectivity index (χ0v) is 14.6. The minimum absolute atomic E-state index is 0.225. The number of hydrogen-bond donors (Lipinski definition) is 1. The first-order valence-corrected chi connectivity index (χ1v) is 9.02. The van der Waals surface area contributed by atoms with Gasteiger partial charge in [0, 0.05) is 19.5 Å². The largest absolute Gasteiger partial charge is 0.489 e. The molecule has 0 radical (unpaired) electrons. The molecule has 2 heterocycles. The topological polar surface area (TPSA) is 41.6 Å². The maximum Gasteiger partial charge on any atom is 0.223 e. The summed E-state index contributed by atoms with van der Waals surface area (Å²) in [4.78, 5) is 14.1. The minimum Gasteiger partial charge on any atom is -0.489 e. The van der Waals surface area contributed by atoms with Crippen LogP contribution in [0.25, 0.3) is 0 Å². The molecule has 2 aliphatic rings. The number of ether oxygens (including phenoxy) is 1. The summed E-state index contributed by atoms with van der Waals surface area (Å²) in [5, 5.41) is 3.61. The molecule has 130 valence electrons. The monoisotopic (exact) mass is 336 g/mol. The second-order valence-electron chi connectivity index (χ2n) is 6.92. The average Bonchev–Trinajstić information content (AvgIpc) is 3.03. The molecule has 4 rings (SSSR count). The molecule has 0 bridgehead atoms. The summed E-state index contributed by atoms with van der Waals surface area (Å²) >= 11 is 0. The van der Waals surface area contributed by atoms with Crippen LogP contribution < -0.4 is 10.1 Å². The lowest BCUT2D eigenvalue weighted by molar-refractivity contribution is -0.130. The van der Waals surface area contributed by atoms with E-state index in [1.165, 1.54) is 16.7 Å². The van der Waals surface area contributed by atoms with Gasteiger partial charge in [0.25, 0.3) is 0 Å². The third-order valence-corrected chi connectivity index (χ3v) is 5.30. The van der Waals surface area contributed by atoms with Crippen LogP contribution in [-0.4, -0.2) is 29.9 Å². The lowest BCUT2D eigenvalue weighted by Crippen LogP contribution is -2.51. The number of benzene rings is 2. The summed E-state index contributed by atoms with van der Waals surface area (Å²) in [5.41, 5.74) is 3.65. The molecule has 4 nitrogen and oxygen atoms in total. The van der Waals surface area contributed by atoms with Gasteiger partial charge in [-0.2, -0.15) is 0 Å². The number of aryl methyl sites for hydroxylation is 1. The van der Waals surface area contributed by atoms with Crippen LogP contribution in [0.2, 0.25) is 0 Å². The van der Waals surface area contributed by atoms with Gasteiger partial charge >= 0.3 is 0 Å². The number of carbonyl (C=O) groups is 1. The van der Waals surface area contributed by atoms with Crippen molar-refractivity contribution in [2.75, 3.05) is 13.1 Å². The Morgan fingerprint density at radius 1 is 1.20 bits per heavy atom. The van der Waals surface area contributed by atoms with Crippen molar-refractivity contribution < 1.29 is 9.53 Å². The van der Waals surface area contributed by atoms with Gasteiger partial charge in [0.05, 0.1) is 12.1 Å². The first kappa shape index (κ1) is 16.2. The van der Waals surface area contributed by atoms with Gasteiger partial charge in [0.2, 0.25) is 5.91 Å². The number of amides is 1. The van der Waals surface area contributed by atoms with Crippen molar-refractivity contribution in [1.29, 1.82) is 0 Å². The number of carbonyl (C=O) groups excluding carboxylic acids is 1. The average molecular weight is 336 g/mol. The predicted molar refractivity (Wildman–Crippen MR) is 97.4 cm³/mol. The molecule has 1 N–H and O–H groups in total. The van der Waals surface area contributed by atoms with Crippen molar-refractivity contribution in [3.63, 3.8) is 0 Å². The van der Waals surface area contributed by atoms with Crippen molar-refractivity contribution in [3.05, 3.63) is 65.2 Å². The Morgan fingerprint density at radius 2 is 2.04 bits per heavy atom. The molecule has 4 heteroatoms. The summed E-state index contributed by atoms with van der Waals surface area (Å²) in [6.45, 7) is 4.39. The molecule has 25 heavy (non-hydrogen) atoms. The Morgan fingerprint density at radius 3 is 2.84 bits per heavy atom. The Labute approximate surface area is 148 Å². The predicted octanol–water partition coefficient (Wildman–Crippen LogP) is 3.21. The molecule has 2 atom stereocenters. The maximum atomic E-state index is 12.0. The van der Waals surface area contributed by atoms with Gasteiger partial charge in [0.15, 0.2) is 0 Å². The molecule has 2 saturated heterocycles. The van der Waals surface area contributed by atoms with Gasteiger partial charge in [-0.3, -0.25) is 4.79 Å². The molecule has 1 amide bonds. The Hall–Kier alpha value is -2.33. The molecule has 2 unspecified atom stereocenters. The van der Waals surface area contributed by atoms with Crippen LogP contribution in [0, 0.1) is 6.92 Å². The number of fused-ring (bicyclic) bond motifs is 1. The minimum atomic E-state index is 0.225. The van der Waals surface area contributed by atoms with E-state index in [0.29, 0.717) is 18.9 Å². The Bertz CT molecular complexity index is 760. The molecule has 2 fully saturated rings. The summed E-state index contributed by atoms with van der Waals surface area (Å²) in [6.07, 6.45) is 1.63. The van der Waals surface area contributed by atoms with Gasteiger partial charge in [-0.05, 0) is 42.2 Å². The van der Waals surface area contributed by atoms with Gasteiger partial charge in [-0.25, -0.2) is 0 Å². The lowest BCUT2D eigenvalue weighted by atomic mass is 9.92. The maximum absolute atomic E-state index is 12.0. The van der Waals surface area contributed by atoms with Crippen molar-refractivity contribution >= 4 is 5.91 Å². The van der Waals surface area contributed by atoms with E-state index in [1.807, 2.05) is 24.3 Å². The second kappa shape index (κ2) is 6.89. The lowest BCUT2D eigenvalue weighted by Gasteiger charge is -2.38. The van der Waals surface area contributed by atoms with Crippen molar-refractivity contribution in [1.82, 2.24) is 10.2 Å². The first-order chi connectivity index (χ1) is 12.2. The van der Waals surface area contributed by atoms with Crippen molar-refractivity contribution in [2.24, 2.45) is 0 Å². The van der Waals surface area contributed by atoms with Crippen molar-refractivity contribution in [2.45, 2.75) is 38.5 Å². The molecule has 2 aromatic rings. The zero-order chi connectivity index (χ0) is 17.2. The highest BCUT2D eigenvalue weighted by Crippen LogP contribution is 2.34. The van der Waals surface area contributed by atoms with Gasteiger partial charge in [0.1, 0.15) is 12.4 Å². The van der Waals surface area contributed by atoms with E-state index in [2.05, 4.69) is 41.4 Å². The highest BCUT2D eigenvalue weighted by Gasteiger charge is 2.39. The van der Waals surface area contributed by atoms with Crippen LogP contribution >= 0.6 is 0 Å². The Balaban J connectivity index is 1.49.